The number of esters is 1. The SMILES string of the molecule is COC(=O)C1=C(N=P(c2ccccc2)(c2ccccc2)c2ccccc2)OC(C)(C)CC(C#N)=C1[C@H]1COC(C)(C)O1. The van der Waals surface area contributed by atoms with Gasteiger partial charge in [0, 0.05) is 33.5 Å². The van der Waals surface area contributed by atoms with Gasteiger partial charge < -0.3 is 18.9 Å². The average molecular weight is 583 g/mol. The Balaban J connectivity index is 1.96. The molecule has 1 atom stereocenters. The van der Waals surface area contributed by atoms with E-state index in [0.717, 1.165) is 15.9 Å². The Morgan fingerprint density at radius 1 is 0.905 bits per heavy atom. The van der Waals surface area contributed by atoms with Crippen LogP contribution in [0.3, 0.4) is 0 Å². The fourth-order valence-corrected chi connectivity index (χ4v) is 8.94. The number of hydrogen-bond donors (Lipinski definition) is 0. The molecule has 5 rings (SSSR count). The van der Waals surface area contributed by atoms with E-state index in [9.17, 15) is 10.1 Å². The van der Waals surface area contributed by atoms with Crippen LogP contribution in [-0.2, 0) is 23.7 Å². The summed E-state index contributed by atoms with van der Waals surface area (Å²) in [6, 6.07) is 32.5. The maximum Gasteiger partial charge on any atom is 0.343 e. The first-order chi connectivity index (χ1) is 20.1. The Morgan fingerprint density at radius 2 is 1.40 bits per heavy atom. The lowest BCUT2D eigenvalue weighted by atomic mass is 9.90. The van der Waals surface area contributed by atoms with Crippen LogP contribution in [0.25, 0.3) is 0 Å². The molecule has 2 heterocycles. The molecule has 0 spiro atoms. The molecule has 0 unspecified atom stereocenters. The lowest BCUT2D eigenvalue weighted by Crippen LogP contribution is -2.28. The van der Waals surface area contributed by atoms with E-state index < -0.39 is 30.5 Å². The van der Waals surface area contributed by atoms with Crippen LogP contribution in [0.2, 0.25) is 0 Å². The quantitative estimate of drug-likeness (QED) is 0.273. The molecule has 3 aromatic rings. The molecule has 42 heavy (non-hydrogen) atoms. The van der Waals surface area contributed by atoms with Crippen molar-refractivity contribution < 1.29 is 23.7 Å². The van der Waals surface area contributed by atoms with Crippen molar-refractivity contribution in [3.05, 3.63) is 114 Å². The number of nitriles is 1. The predicted molar refractivity (Wildman–Crippen MR) is 164 cm³/mol. The van der Waals surface area contributed by atoms with E-state index in [2.05, 4.69) is 42.5 Å². The van der Waals surface area contributed by atoms with Crippen LogP contribution in [0.1, 0.15) is 34.1 Å². The highest BCUT2D eigenvalue weighted by molar-refractivity contribution is 7.87. The fourth-order valence-electron chi connectivity index (χ4n) is 5.48. The number of carbonyl (C=O) groups excluding carboxylic acids is 1. The van der Waals surface area contributed by atoms with Gasteiger partial charge in [-0.1, -0.05) is 91.0 Å². The standard InChI is InChI=1S/C34H35N2O5P/c1-33(2)21-24(22-35)29(28-23-39-34(3,4)40-28)30(32(37)38-5)31(41-33)36-42(25-15-9-6-10-16-25,26-17-11-7-12-18-26)27-19-13-8-14-20-27/h6-20,28H,21,23H2,1-5H3/t28-/m1/s1. The largest absolute Gasteiger partial charge is 0.471 e. The predicted octanol–water partition coefficient (Wildman–Crippen LogP) is 5.72. The third-order valence-electron chi connectivity index (χ3n) is 7.27. The monoisotopic (exact) mass is 582 g/mol. The van der Waals surface area contributed by atoms with Crippen molar-refractivity contribution in [2.45, 2.75) is 51.6 Å². The highest BCUT2D eigenvalue weighted by Crippen LogP contribution is 2.50. The van der Waals surface area contributed by atoms with Gasteiger partial charge in [-0.3, -0.25) is 0 Å². The number of rotatable bonds is 6. The van der Waals surface area contributed by atoms with Gasteiger partial charge in [-0.05, 0) is 27.7 Å². The van der Waals surface area contributed by atoms with Crippen LogP contribution >= 0.6 is 7.05 Å². The van der Waals surface area contributed by atoms with Crippen molar-refractivity contribution in [3.63, 3.8) is 0 Å². The molecule has 0 amide bonds. The second kappa shape index (κ2) is 11.7. The highest BCUT2D eigenvalue weighted by Gasteiger charge is 2.44. The van der Waals surface area contributed by atoms with E-state index in [0.29, 0.717) is 11.1 Å². The van der Waals surface area contributed by atoms with Crippen LogP contribution in [-0.4, -0.2) is 37.2 Å². The summed E-state index contributed by atoms with van der Waals surface area (Å²) in [5, 5.41) is 13.3. The van der Waals surface area contributed by atoms with Gasteiger partial charge in [0.25, 0.3) is 0 Å². The summed E-state index contributed by atoms with van der Waals surface area (Å²) in [6.07, 6.45) is -0.448. The summed E-state index contributed by atoms with van der Waals surface area (Å²) in [5.41, 5.74) is -0.0239. The number of methoxy groups -OCH3 is 1. The molecule has 0 N–H and O–H groups in total. The van der Waals surface area contributed by atoms with E-state index in [1.807, 2.05) is 68.4 Å². The van der Waals surface area contributed by atoms with Gasteiger partial charge in [0.05, 0.1) is 26.8 Å². The van der Waals surface area contributed by atoms with Crippen LogP contribution in [0.4, 0.5) is 0 Å². The number of benzene rings is 3. The van der Waals surface area contributed by atoms with Gasteiger partial charge in [0.1, 0.15) is 17.3 Å². The molecule has 0 radical (unpaired) electrons. The van der Waals surface area contributed by atoms with Crippen LogP contribution in [0.15, 0.2) is 118 Å². The minimum absolute atomic E-state index is 0.0816. The van der Waals surface area contributed by atoms with Crippen molar-refractivity contribution in [2.75, 3.05) is 13.7 Å². The lowest BCUT2D eigenvalue weighted by molar-refractivity contribution is -0.138. The first-order valence-electron chi connectivity index (χ1n) is 13.9. The minimum Gasteiger partial charge on any atom is -0.471 e. The first kappa shape index (κ1) is 29.5. The smallest absolute Gasteiger partial charge is 0.343 e. The van der Waals surface area contributed by atoms with E-state index >= 15 is 0 Å². The number of carbonyl (C=O) groups is 1. The molecule has 1 fully saturated rings. The molecule has 216 valence electrons. The fraction of sp³-hybridized carbons (Fsp3) is 0.294. The summed E-state index contributed by atoms with van der Waals surface area (Å²) in [5.74, 6) is -1.44. The normalized spacial score (nSPS) is 19.9. The maximum absolute atomic E-state index is 13.8. The molecule has 0 bridgehead atoms. The number of nitrogens with zero attached hydrogens (tertiary/aromatic N) is 2. The Labute approximate surface area is 247 Å². The summed E-state index contributed by atoms with van der Waals surface area (Å²) in [6.45, 7) is 7.56. The van der Waals surface area contributed by atoms with Crippen LogP contribution in [0, 0.1) is 11.3 Å². The third kappa shape index (κ3) is 5.71. The molecule has 7 nitrogen and oxygen atoms in total. The summed E-state index contributed by atoms with van der Waals surface area (Å²) < 4.78 is 29.7. The molecule has 0 aliphatic carbocycles. The van der Waals surface area contributed by atoms with Crippen molar-refractivity contribution in [1.29, 1.82) is 5.26 Å². The summed E-state index contributed by atoms with van der Waals surface area (Å²) >= 11 is 0. The minimum atomic E-state index is -2.84. The van der Waals surface area contributed by atoms with E-state index in [1.165, 1.54) is 7.11 Å². The Bertz CT molecular complexity index is 1520. The zero-order valence-corrected chi connectivity index (χ0v) is 25.4. The number of hydrogen-bond acceptors (Lipinski definition) is 7. The Kier molecular flexibility index (Phi) is 8.25. The van der Waals surface area contributed by atoms with Gasteiger partial charge in [0.15, 0.2) is 5.79 Å². The lowest BCUT2D eigenvalue weighted by Gasteiger charge is -2.30. The maximum atomic E-state index is 13.8. The molecule has 0 aromatic heterocycles. The molecular weight excluding hydrogens is 547 g/mol. The topological polar surface area (TPSA) is 90.1 Å². The van der Waals surface area contributed by atoms with Crippen LogP contribution in [0.5, 0.6) is 0 Å². The second-order valence-corrected chi connectivity index (χ2v) is 14.3. The van der Waals surface area contributed by atoms with E-state index in [1.54, 1.807) is 13.8 Å². The van der Waals surface area contributed by atoms with Gasteiger partial charge in [-0.2, -0.15) is 5.26 Å². The third-order valence-corrected chi connectivity index (χ3v) is 10.9. The van der Waals surface area contributed by atoms with Gasteiger partial charge in [0.2, 0.25) is 5.88 Å². The van der Waals surface area contributed by atoms with Crippen molar-refractivity contribution in [3.8, 4) is 6.07 Å². The molecule has 0 saturated carbocycles. The second-order valence-electron chi connectivity index (χ2n) is 11.3. The molecule has 1 saturated heterocycles. The Hall–Kier alpha value is -3.95. The van der Waals surface area contributed by atoms with Crippen LogP contribution < -0.4 is 15.9 Å². The summed E-state index contributed by atoms with van der Waals surface area (Å²) in [7, 11) is -1.52. The highest BCUT2D eigenvalue weighted by atomic mass is 31.2. The van der Waals surface area contributed by atoms with Gasteiger partial charge in [-0.25, -0.2) is 9.54 Å². The molecular formula is C34H35N2O5P. The zero-order valence-electron chi connectivity index (χ0n) is 24.5. The Morgan fingerprint density at radius 3 is 1.81 bits per heavy atom. The van der Waals surface area contributed by atoms with E-state index in [4.69, 9.17) is 23.7 Å². The molecule has 2 aliphatic heterocycles. The van der Waals surface area contributed by atoms with E-state index in [-0.39, 0.29) is 24.5 Å². The number of ether oxygens (including phenoxy) is 4. The molecule has 8 heteroatoms. The average Bonchev–Trinajstić information content (AvgIpc) is 3.31. The zero-order chi connectivity index (χ0) is 30.0. The van der Waals surface area contributed by atoms with Crippen molar-refractivity contribution in [1.82, 2.24) is 0 Å². The summed E-state index contributed by atoms with van der Waals surface area (Å²) in [4.78, 5) is 13.8. The van der Waals surface area contributed by atoms with Crippen molar-refractivity contribution in [2.24, 2.45) is 4.74 Å². The first-order valence-corrected chi connectivity index (χ1v) is 15.6. The molecule has 3 aromatic carbocycles. The van der Waals surface area contributed by atoms with Gasteiger partial charge >= 0.3 is 5.97 Å². The van der Waals surface area contributed by atoms with Crippen molar-refractivity contribution >= 4 is 28.9 Å². The molecule has 2 aliphatic rings. The van der Waals surface area contributed by atoms with Gasteiger partial charge in [-0.15, -0.1) is 0 Å².